The number of rotatable bonds is 2. The molecule has 0 aliphatic heterocycles. The molecule has 0 amide bonds. The number of hydrogen-bond donors (Lipinski definition) is 1. The maximum absolute atomic E-state index is 10.8. The van der Waals surface area contributed by atoms with Crippen LogP contribution in [0.25, 0.3) is 0 Å². The molecular formula is C8H17NOS. The van der Waals surface area contributed by atoms with Crippen LogP contribution in [0.5, 0.6) is 0 Å². The SMILES string of the molecule is CS(=O)NC1CCC(C)(C)C1. The minimum atomic E-state index is -0.839. The largest absolute Gasteiger partial charge is 0.243 e. The van der Waals surface area contributed by atoms with Gasteiger partial charge in [-0.1, -0.05) is 13.8 Å². The average molecular weight is 175 g/mol. The fourth-order valence-electron chi connectivity index (χ4n) is 1.77. The fourth-order valence-corrected chi connectivity index (χ4v) is 2.44. The summed E-state index contributed by atoms with van der Waals surface area (Å²) in [6.07, 6.45) is 5.28. The van der Waals surface area contributed by atoms with Gasteiger partial charge < -0.3 is 0 Å². The van der Waals surface area contributed by atoms with Crippen LogP contribution in [-0.4, -0.2) is 16.5 Å². The van der Waals surface area contributed by atoms with Crippen molar-refractivity contribution in [1.29, 1.82) is 0 Å². The Morgan fingerprint density at radius 1 is 1.55 bits per heavy atom. The summed E-state index contributed by atoms with van der Waals surface area (Å²) in [4.78, 5) is 0. The van der Waals surface area contributed by atoms with Crippen molar-refractivity contribution in [2.45, 2.75) is 39.2 Å². The molecule has 1 rings (SSSR count). The monoisotopic (exact) mass is 175 g/mol. The minimum Gasteiger partial charge on any atom is -0.243 e. The van der Waals surface area contributed by atoms with E-state index in [2.05, 4.69) is 18.6 Å². The van der Waals surface area contributed by atoms with Crippen LogP contribution in [-0.2, 0) is 11.0 Å². The van der Waals surface area contributed by atoms with E-state index in [1.54, 1.807) is 6.26 Å². The Bertz CT molecular complexity index is 167. The predicted molar refractivity (Wildman–Crippen MR) is 48.6 cm³/mol. The first kappa shape index (κ1) is 9.20. The van der Waals surface area contributed by atoms with Crippen LogP contribution in [0.3, 0.4) is 0 Å². The second kappa shape index (κ2) is 3.23. The lowest BCUT2D eigenvalue weighted by Crippen LogP contribution is -2.28. The lowest BCUT2D eigenvalue weighted by molar-refractivity contribution is 0.373. The van der Waals surface area contributed by atoms with Gasteiger partial charge in [-0.2, -0.15) is 0 Å². The molecule has 1 aliphatic rings. The molecule has 1 saturated carbocycles. The van der Waals surface area contributed by atoms with E-state index in [4.69, 9.17) is 0 Å². The third kappa shape index (κ3) is 2.91. The smallest absolute Gasteiger partial charge is 0.0886 e. The molecule has 3 heteroatoms. The zero-order chi connectivity index (χ0) is 8.48. The van der Waals surface area contributed by atoms with E-state index in [9.17, 15) is 4.21 Å². The first-order valence-corrected chi connectivity index (χ1v) is 5.65. The molecule has 2 unspecified atom stereocenters. The summed E-state index contributed by atoms with van der Waals surface area (Å²) in [5.41, 5.74) is 0.455. The topological polar surface area (TPSA) is 29.1 Å². The molecule has 11 heavy (non-hydrogen) atoms. The van der Waals surface area contributed by atoms with E-state index < -0.39 is 11.0 Å². The summed E-state index contributed by atoms with van der Waals surface area (Å²) in [6, 6.07) is 0.482. The van der Waals surface area contributed by atoms with Crippen molar-refractivity contribution in [3.8, 4) is 0 Å². The molecule has 2 atom stereocenters. The summed E-state index contributed by atoms with van der Waals surface area (Å²) < 4.78 is 13.9. The van der Waals surface area contributed by atoms with E-state index in [-0.39, 0.29) is 0 Å². The number of nitrogens with one attached hydrogen (secondary N) is 1. The van der Waals surface area contributed by atoms with Gasteiger partial charge in [0.05, 0.1) is 11.0 Å². The van der Waals surface area contributed by atoms with Crippen LogP contribution in [0.15, 0.2) is 0 Å². The van der Waals surface area contributed by atoms with E-state index in [1.807, 2.05) is 0 Å². The van der Waals surface area contributed by atoms with Gasteiger partial charge in [-0.05, 0) is 24.7 Å². The van der Waals surface area contributed by atoms with Gasteiger partial charge in [-0.25, -0.2) is 8.93 Å². The first-order valence-electron chi connectivity index (χ1n) is 4.09. The minimum absolute atomic E-state index is 0.455. The van der Waals surface area contributed by atoms with Gasteiger partial charge in [0.1, 0.15) is 0 Å². The third-order valence-corrected chi connectivity index (χ3v) is 2.97. The highest BCUT2D eigenvalue weighted by Crippen LogP contribution is 2.36. The van der Waals surface area contributed by atoms with Gasteiger partial charge >= 0.3 is 0 Å². The van der Waals surface area contributed by atoms with Crippen molar-refractivity contribution in [2.24, 2.45) is 5.41 Å². The maximum atomic E-state index is 10.8. The summed E-state index contributed by atoms with van der Waals surface area (Å²) in [7, 11) is -0.839. The van der Waals surface area contributed by atoms with Crippen LogP contribution >= 0.6 is 0 Å². The molecule has 0 aromatic carbocycles. The highest BCUT2D eigenvalue weighted by molar-refractivity contribution is 7.82. The average Bonchev–Trinajstić information content (AvgIpc) is 2.08. The highest BCUT2D eigenvalue weighted by atomic mass is 32.2. The highest BCUT2D eigenvalue weighted by Gasteiger charge is 2.30. The molecule has 0 saturated heterocycles. The molecule has 66 valence electrons. The Labute approximate surface area is 71.3 Å². The third-order valence-electron chi connectivity index (χ3n) is 2.30. The van der Waals surface area contributed by atoms with Crippen molar-refractivity contribution in [3.63, 3.8) is 0 Å². The van der Waals surface area contributed by atoms with Crippen molar-refractivity contribution < 1.29 is 4.21 Å². The lowest BCUT2D eigenvalue weighted by Gasteiger charge is -2.16. The van der Waals surface area contributed by atoms with Gasteiger partial charge in [-0.15, -0.1) is 0 Å². The van der Waals surface area contributed by atoms with E-state index in [1.165, 1.54) is 12.8 Å². The second-order valence-corrected chi connectivity index (χ2v) is 5.32. The van der Waals surface area contributed by atoms with Crippen LogP contribution in [0.2, 0.25) is 0 Å². The maximum Gasteiger partial charge on any atom is 0.0886 e. The van der Waals surface area contributed by atoms with Crippen molar-refractivity contribution in [1.82, 2.24) is 4.72 Å². The molecule has 0 bridgehead atoms. The summed E-state index contributed by atoms with van der Waals surface area (Å²) in [5, 5.41) is 0. The zero-order valence-corrected chi connectivity index (χ0v) is 8.33. The van der Waals surface area contributed by atoms with Gasteiger partial charge in [-0.3, -0.25) is 0 Å². The Balaban J connectivity index is 2.36. The summed E-state index contributed by atoms with van der Waals surface area (Å²) >= 11 is 0. The molecule has 0 radical (unpaired) electrons. The van der Waals surface area contributed by atoms with E-state index in [0.29, 0.717) is 11.5 Å². The molecular weight excluding hydrogens is 158 g/mol. The van der Waals surface area contributed by atoms with Crippen LogP contribution < -0.4 is 4.72 Å². The summed E-state index contributed by atoms with van der Waals surface area (Å²) in [6.45, 7) is 4.54. The standard InChI is InChI=1S/C8H17NOS/c1-8(2)5-4-7(6-8)9-11(3)10/h7,9H,4-6H2,1-3H3. The van der Waals surface area contributed by atoms with Gasteiger partial charge in [0.25, 0.3) is 0 Å². The Morgan fingerprint density at radius 3 is 2.55 bits per heavy atom. The molecule has 0 aromatic heterocycles. The van der Waals surface area contributed by atoms with Gasteiger partial charge in [0.15, 0.2) is 0 Å². The van der Waals surface area contributed by atoms with E-state index >= 15 is 0 Å². The van der Waals surface area contributed by atoms with Gasteiger partial charge in [0, 0.05) is 12.3 Å². The predicted octanol–water partition coefficient (Wildman–Crippen LogP) is 1.45. The van der Waals surface area contributed by atoms with Crippen LogP contribution in [0.4, 0.5) is 0 Å². The number of hydrogen-bond acceptors (Lipinski definition) is 1. The Hall–Kier alpha value is 0.110. The van der Waals surface area contributed by atoms with Crippen LogP contribution in [0, 0.1) is 5.41 Å². The second-order valence-electron chi connectivity index (χ2n) is 4.18. The lowest BCUT2D eigenvalue weighted by atomic mass is 9.92. The Kier molecular flexibility index (Phi) is 2.70. The van der Waals surface area contributed by atoms with E-state index in [0.717, 1.165) is 6.42 Å². The molecule has 0 aromatic rings. The van der Waals surface area contributed by atoms with Gasteiger partial charge in [0.2, 0.25) is 0 Å². The quantitative estimate of drug-likeness (QED) is 0.676. The molecule has 1 N–H and O–H groups in total. The zero-order valence-electron chi connectivity index (χ0n) is 7.52. The molecule has 0 heterocycles. The molecule has 0 spiro atoms. The van der Waals surface area contributed by atoms with Crippen molar-refractivity contribution in [3.05, 3.63) is 0 Å². The molecule has 1 fully saturated rings. The normalized spacial score (nSPS) is 32.1. The summed E-state index contributed by atoms with van der Waals surface area (Å²) in [5.74, 6) is 0. The van der Waals surface area contributed by atoms with Crippen molar-refractivity contribution >= 4 is 11.0 Å². The van der Waals surface area contributed by atoms with Crippen molar-refractivity contribution in [2.75, 3.05) is 6.26 Å². The molecule has 2 nitrogen and oxygen atoms in total. The van der Waals surface area contributed by atoms with Crippen LogP contribution in [0.1, 0.15) is 33.1 Å². The first-order chi connectivity index (χ1) is 4.99. The molecule has 1 aliphatic carbocycles. The fraction of sp³-hybridized carbons (Fsp3) is 1.00. The Morgan fingerprint density at radius 2 is 2.18 bits per heavy atom.